The lowest BCUT2D eigenvalue weighted by Crippen LogP contribution is -2.52. The van der Waals surface area contributed by atoms with Crippen LogP contribution in [0.25, 0.3) is 11.4 Å². The molecule has 0 bridgehead atoms. The van der Waals surface area contributed by atoms with Crippen LogP contribution in [0.3, 0.4) is 0 Å². The van der Waals surface area contributed by atoms with Gasteiger partial charge in [-0.2, -0.15) is 0 Å². The van der Waals surface area contributed by atoms with E-state index < -0.39 is 0 Å². The van der Waals surface area contributed by atoms with Crippen molar-refractivity contribution in [2.45, 2.75) is 19.5 Å². The molecular formula is C21H24N6O. The Morgan fingerprint density at radius 2 is 1.93 bits per heavy atom. The molecule has 2 aromatic heterocycles. The second-order valence-corrected chi connectivity index (χ2v) is 7.18. The van der Waals surface area contributed by atoms with Gasteiger partial charge in [0.05, 0.1) is 11.4 Å². The minimum Gasteiger partial charge on any atom is -0.339 e. The van der Waals surface area contributed by atoms with E-state index in [1.807, 2.05) is 6.07 Å². The molecule has 4 rings (SSSR count). The molecule has 3 heterocycles. The van der Waals surface area contributed by atoms with Gasteiger partial charge in [-0.1, -0.05) is 30.3 Å². The molecule has 0 unspecified atom stereocenters. The summed E-state index contributed by atoms with van der Waals surface area (Å²) in [5, 5.41) is 0. The van der Waals surface area contributed by atoms with Crippen LogP contribution in [0, 0.1) is 0 Å². The molecule has 1 atom stereocenters. The topological polar surface area (TPSA) is 67.2 Å². The van der Waals surface area contributed by atoms with Crippen LogP contribution in [0.4, 0.5) is 5.95 Å². The van der Waals surface area contributed by atoms with E-state index in [4.69, 9.17) is 4.98 Å². The summed E-state index contributed by atoms with van der Waals surface area (Å²) in [5.41, 5.74) is 2.47. The zero-order chi connectivity index (χ0) is 19.5. The zero-order valence-corrected chi connectivity index (χ0v) is 16.2. The predicted octanol–water partition coefficient (Wildman–Crippen LogP) is 1.95. The molecule has 1 fully saturated rings. The molecule has 0 saturated carbocycles. The van der Waals surface area contributed by atoms with Crippen LogP contribution in [0.2, 0.25) is 0 Å². The van der Waals surface area contributed by atoms with E-state index >= 15 is 0 Å². The molecule has 28 heavy (non-hydrogen) atoms. The summed E-state index contributed by atoms with van der Waals surface area (Å²) < 4.78 is 1.62. The van der Waals surface area contributed by atoms with E-state index in [1.54, 1.807) is 23.9 Å². The minimum atomic E-state index is -0.0852. The molecule has 0 aliphatic carbocycles. The largest absolute Gasteiger partial charge is 0.339 e. The number of benzene rings is 1. The first kappa shape index (κ1) is 18.3. The molecule has 0 N–H and O–H groups in total. The summed E-state index contributed by atoms with van der Waals surface area (Å²) in [6.07, 6.45) is 3.13. The molecule has 0 amide bonds. The normalized spacial score (nSPS) is 17.6. The summed E-state index contributed by atoms with van der Waals surface area (Å²) in [6.45, 7) is 5.72. The van der Waals surface area contributed by atoms with Gasteiger partial charge < -0.3 is 4.90 Å². The van der Waals surface area contributed by atoms with Crippen LogP contribution in [-0.4, -0.2) is 50.1 Å². The lowest BCUT2D eigenvalue weighted by atomic mass is 10.1. The van der Waals surface area contributed by atoms with Crippen molar-refractivity contribution in [3.8, 4) is 11.4 Å². The summed E-state index contributed by atoms with van der Waals surface area (Å²) in [4.78, 5) is 30.1. The van der Waals surface area contributed by atoms with E-state index in [0.29, 0.717) is 23.4 Å². The Balaban J connectivity index is 1.55. The fourth-order valence-electron chi connectivity index (χ4n) is 3.61. The molecule has 0 spiro atoms. The van der Waals surface area contributed by atoms with E-state index in [-0.39, 0.29) is 5.56 Å². The second kappa shape index (κ2) is 7.90. The Hall–Kier alpha value is -3.06. The molecule has 1 aromatic carbocycles. The van der Waals surface area contributed by atoms with Crippen molar-refractivity contribution in [1.82, 2.24) is 24.4 Å². The molecule has 0 radical (unpaired) electrons. The van der Waals surface area contributed by atoms with Gasteiger partial charge in [0.25, 0.3) is 5.56 Å². The third kappa shape index (κ3) is 3.80. The van der Waals surface area contributed by atoms with E-state index in [1.165, 1.54) is 18.0 Å². The van der Waals surface area contributed by atoms with E-state index in [2.05, 4.69) is 51.0 Å². The monoisotopic (exact) mass is 376 g/mol. The van der Waals surface area contributed by atoms with Gasteiger partial charge in [-0.05, 0) is 18.6 Å². The van der Waals surface area contributed by atoms with Gasteiger partial charge in [0.2, 0.25) is 5.95 Å². The Bertz CT molecular complexity index is 989. The Labute approximate surface area is 164 Å². The summed E-state index contributed by atoms with van der Waals surface area (Å²) >= 11 is 0. The molecule has 7 nitrogen and oxygen atoms in total. The molecule has 3 aromatic rings. The lowest BCUT2D eigenvalue weighted by Gasteiger charge is -2.40. The van der Waals surface area contributed by atoms with Crippen molar-refractivity contribution < 1.29 is 0 Å². The van der Waals surface area contributed by atoms with Crippen LogP contribution < -0.4 is 10.5 Å². The summed E-state index contributed by atoms with van der Waals surface area (Å²) in [5.74, 6) is 0.687. The molecule has 1 aliphatic rings. The first-order chi connectivity index (χ1) is 13.6. The highest BCUT2D eigenvalue weighted by Gasteiger charge is 2.26. The molecule has 1 aliphatic heterocycles. The smallest absolute Gasteiger partial charge is 0.255 e. The number of anilines is 1. The standard InChI is InChI=1S/C21H24N6O/c1-16-13-27(11-10-26(16)14-17-6-4-3-5-7-17)21-24-19(12-20(28)25(21)2)18-8-9-22-15-23-18/h3-9,12,15-16H,10-11,13-14H2,1-2H3/t16-/m1/s1. The minimum absolute atomic E-state index is 0.0852. The van der Waals surface area contributed by atoms with Gasteiger partial charge >= 0.3 is 0 Å². The fourth-order valence-corrected chi connectivity index (χ4v) is 3.61. The average molecular weight is 376 g/mol. The SMILES string of the molecule is C[C@@H]1CN(c2nc(-c3ccncn3)cc(=O)n2C)CCN1Cc1ccccc1. The molecule has 1 saturated heterocycles. The van der Waals surface area contributed by atoms with Crippen molar-refractivity contribution in [2.75, 3.05) is 24.5 Å². The zero-order valence-electron chi connectivity index (χ0n) is 16.2. The molecule has 144 valence electrons. The number of hydrogen-bond donors (Lipinski definition) is 0. The Morgan fingerprint density at radius 3 is 2.64 bits per heavy atom. The van der Waals surface area contributed by atoms with Gasteiger partial charge in [-0.25, -0.2) is 15.0 Å². The first-order valence-corrected chi connectivity index (χ1v) is 9.49. The van der Waals surface area contributed by atoms with Gasteiger partial charge in [0.15, 0.2) is 0 Å². The highest BCUT2D eigenvalue weighted by Crippen LogP contribution is 2.20. The number of hydrogen-bond acceptors (Lipinski definition) is 6. The number of nitrogens with zero attached hydrogens (tertiary/aromatic N) is 6. The highest BCUT2D eigenvalue weighted by atomic mass is 16.1. The first-order valence-electron chi connectivity index (χ1n) is 9.49. The Kier molecular flexibility index (Phi) is 5.16. The summed E-state index contributed by atoms with van der Waals surface area (Å²) in [6, 6.07) is 14.2. The van der Waals surface area contributed by atoms with Gasteiger partial charge in [0.1, 0.15) is 6.33 Å². The number of piperazine rings is 1. The second-order valence-electron chi connectivity index (χ2n) is 7.18. The van der Waals surface area contributed by atoms with Gasteiger partial charge in [0, 0.05) is 51.5 Å². The summed E-state index contributed by atoms with van der Waals surface area (Å²) in [7, 11) is 1.77. The van der Waals surface area contributed by atoms with Crippen LogP contribution in [-0.2, 0) is 13.6 Å². The third-order valence-electron chi connectivity index (χ3n) is 5.23. The van der Waals surface area contributed by atoms with E-state index in [0.717, 1.165) is 26.2 Å². The van der Waals surface area contributed by atoms with Crippen LogP contribution >= 0.6 is 0 Å². The molecule has 7 heteroatoms. The number of aromatic nitrogens is 4. The third-order valence-corrected chi connectivity index (χ3v) is 5.23. The highest BCUT2D eigenvalue weighted by molar-refractivity contribution is 5.55. The van der Waals surface area contributed by atoms with Crippen LogP contribution in [0.1, 0.15) is 12.5 Å². The molecular weight excluding hydrogens is 352 g/mol. The van der Waals surface area contributed by atoms with Crippen LogP contribution in [0.15, 0.2) is 59.8 Å². The van der Waals surface area contributed by atoms with E-state index in [9.17, 15) is 4.79 Å². The quantitative estimate of drug-likeness (QED) is 0.693. The van der Waals surface area contributed by atoms with Crippen LogP contribution in [0.5, 0.6) is 0 Å². The Morgan fingerprint density at radius 1 is 1.11 bits per heavy atom. The van der Waals surface area contributed by atoms with Crippen molar-refractivity contribution in [1.29, 1.82) is 0 Å². The lowest BCUT2D eigenvalue weighted by molar-refractivity contribution is 0.179. The van der Waals surface area contributed by atoms with Crippen molar-refractivity contribution >= 4 is 5.95 Å². The van der Waals surface area contributed by atoms with Crippen molar-refractivity contribution in [3.05, 3.63) is 70.9 Å². The predicted molar refractivity (Wildman–Crippen MR) is 109 cm³/mol. The average Bonchev–Trinajstić information content (AvgIpc) is 2.73. The van der Waals surface area contributed by atoms with Gasteiger partial charge in [-0.15, -0.1) is 0 Å². The van der Waals surface area contributed by atoms with Gasteiger partial charge in [-0.3, -0.25) is 14.3 Å². The maximum atomic E-state index is 12.5. The van der Waals surface area contributed by atoms with Crippen molar-refractivity contribution in [2.24, 2.45) is 7.05 Å². The maximum Gasteiger partial charge on any atom is 0.255 e. The maximum absolute atomic E-state index is 12.5. The van der Waals surface area contributed by atoms with Crippen molar-refractivity contribution in [3.63, 3.8) is 0 Å². The fraction of sp³-hybridized carbons (Fsp3) is 0.333. The number of rotatable bonds is 4.